The van der Waals surface area contributed by atoms with E-state index in [9.17, 15) is 9.59 Å². The van der Waals surface area contributed by atoms with Crippen molar-refractivity contribution < 1.29 is 14.3 Å². The number of nitrogens with one attached hydrogen (secondary N) is 1. The maximum absolute atomic E-state index is 12.6. The molecule has 1 aliphatic heterocycles. The van der Waals surface area contributed by atoms with Gasteiger partial charge in [0, 0.05) is 37.2 Å². The smallest absolute Gasteiger partial charge is 0.260 e. The summed E-state index contributed by atoms with van der Waals surface area (Å²) < 4.78 is 7.46. The Bertz CT molecular complexity index is 885. The zero-order valence-electron chi connectivity index (χ0n) is 15.7. The van der Waals surface area contributed by atoms with Gasteiger partial charge in [-0.05, 0) is 37.5 Å². The molecule has 2 aliphatic rings. The number of nitrogens with zero attached hydrogens (tertiary/aromatic N) is 3. The van der Waals surface area contributed by atoms with E-state index < -0.39 is 0 Å². The van der Waals surface area contributed by atoms with Gasteiger partial charge in [-0.15, -0.1) is 0 Å². The molecule has 0 saturated heterocycles. The molecule has 1 saturated carbocycles. The average Bonchev–Trinajstić information content (AvgIpc) is 3.46. The van der Waals surface area contributed by atoms with Gasteiger partial charge in [-0.1, -0.05) is 12.1 Å². The molecule has 2 aromatic rings. The summed E-state index contributed by atoms with van der Waals surface area (Å²) in [6, 6.07) is 7.66. The van der Waals surface area contributed by atoms with Crippen molar-refractivity contribution in [2.75, 3.05) is 18.5 Å². The van der Waals surface area contributed by atoms with E-state index in [4.69, 9.17) is 4.74 Å². The lowest BCUT2D eigenvalue weighted by atomic mass is 10.1. The number of fused-ring (bicyclic) bond motifs is 1. The summed E-state index contributed by atoms with van der Waals surface area (Å²) in [6.45, 7) is 3.06. The number of benzene rings is 1. The molecular weight excluding hydrogens is 344 g/mol. The molecule has 7 heteroatoms. The Morgan fingerprint density at radius 1 is 1.33 bits per heavy atom. The van der Waals surface area contributed by atoms with E-state index in [2.05, 4.69) is 10.4 Å². The molecule has 2 heterocycles. The Hall–Kier alpha value is -2.83. The van der Waals surface area contributed by atoms with Crippen LogP contribution >= 0.6 is 0 Å². The first-order valence-corrected chi connectivity index (χ1v) is 9.34. The molecule has 27 heavy (non-hydrogen) atoms. The fourth-order valence-electron chi connectivity index (χ4n) is 3.41. The third-order valence-corrected chi connectivity index (χ3v) is 5.14. The van der Waals surface area contributed by atoms with Gasteiger partial charge in [0.2, 0.25) is 5.91 Å². The predicted molar refractivity (Wildman–Crippen MR) is 100 cm³/mol. The number of aromatic nitrogens is 2. The quantitative estimate of drug-likeness (QED) is 0.876. The third-order valence-electron chi connectivity index (χ3n) is 5.14. The number of amides is 2. The van der Waals surface area contributed by atoms with Crippen molar-refractivity contribution in [3.8, 4) is 5.75 Å². The summed E-state index contributed by atoms with van der Waals surface area (Å²) in [6.07, 6.45) is 2.61. The summed E-state index contributed by atoms with van der Waals surface area (Å²) >= 11 is 0. The van der Waals surface area contributed by atoms with Gasteiger partial charge < -0.3 is 15.0 Å². The van der Waals surface area contributed by atoms with E-state index in [-0.39, 0.29) is 24.3 Å². The van der Waals surface area contributed by atoms with Gasteiger partial charge in [0.05, 0.1) is 6.54 Å². The lowest BCUT2D eigenvalue weighted by molar-refractivity contribution is -0.134. The van der Waals surface area contributed by atoms with Crippen LogP contribution in [-0.4, -0.2) is 39.6 Å². The zero-order chi connectivity index (χ0) is 19.0. The second-order valence-electron chi connectivity index (χ2n) is 7.33. The minimum Gasteiger partial charge on any atom is -0.484 e. The number of aryl methyl sites for hydroxylation is 2. The predicted octanol–water partition coefficient (Wildman–Crippen LogP) is 2.04. The van der Waals surface area contributed by atoms with E-state index in [1.165, 1.54) is 0 Å². The molecule has 1 aromatic heterocycles. The Morgan fingerprint density at radius 2 is 2.15 bits per heavy atom. The van der Waals surface area contributed by atoms with Gasteiger partial charge >= 0.3 is 0 Å². The second kappa shape index (κ2) is 7.06. The van der Waals surface area contributed by atoms with Crippen LogP contribution in [-0.2, 0) is 29.6 Å². The Kier molecular flexibility index (Phi) is 4.59. The van der Waals surface area contributed by atoms with Crippen LogP contribution in [0.4, 0.5) is 5.82 Å². The monoisotopic (exact) mass is 368 g/mol. The molecule has 0 bridgehead atoms. The average molecular weight is 368 g/mol. The van der Waals surface area contributed by atoms with Crippen molar-refractivity contribution in [2.24, 2.45) is 13.0 Å². The van der Waals surface area contributed by atoms with Crippen LogP contribution in [0.25, 0.3) is 0 Å². The van der Waals surface area contributed by atoms with Crippen LogP contribution < -0.4 is 10.1 Å². The van der Waals surface area contributed by atoms with Crippen molar-refractivity contribution in [1.82, 2.24) is 14.7 Å². The number of ether oxygens (including phenoxy) is 1. The minimum atomic E-state index is -0.0644. The number of hydrogen-bond acceptors (Lipinski definition) is 4. The summed E-state index contributed by atoms with van der Waals surface area (Å²) in [5, 5.41) is 7.39. The molecule has 2 amide bonds. The van der Waals surface area contributed by atoms with Crippen LogP contribution in [0.15, 0.2) is 24.3 Å². The molecule has 0 spiro atoms. The summed E-state index contributed by atoms with van der Waals surface area (Å²) in [7, 11) is 1.88. The maximum atomic E-state index is 12.6. The first-order valence-electron chi connectivity index (χ1n) is 9.34. The molecular formula is C20H24N4O3. The van der Waals surface area contributed by atoms with Crippen LogP contribution in [0.1, 0.15) is 29.7 Å². The summed E-state index contributed by atoms with van der Waals surface area (Å²) in [4.78, 5) is 26.5. The van der Waals surface area contributed by atoms with Crippen molar-refractivity contribution in [2.45, 2.75) is 32.7 Å². The number of hydrogen-bond donors (Lipinski definition) is 1. The normalized spacial score (nSPS) is 16.0. The van der Waals surface area contributed by atoms with Crippen LogP contribution in [0.3, 0.4) is 0 Å². The molecule has 0 atom stereocenters. The third kappa shape index (κ3) is 3.82. The standard InChI is InChI=1S/C20H24N4O3/c1-13-4-3-5-15(10-13)27-12-18(25)24-9-8-17-16(11-24)19(22-23(17)2)21-20(26)14-6-7-14/h3-5,10,14H,6-9,11-12H2,1-2H3,(H,21,22,26). The highest BCUT2D eigenvalue weighted by Crippen LogP contribution is 2.32. The van der Waals surface area contributed by atoms with Gasteiger partial charge in [-0.25, -0.2) is 0 Å². The highest BCUT2D eigenvalue weighted by Gasteiger charge is 2.32. The van der Waals surface area contributed by atoms with Crippen molar-refractivity contribution in [1.29, 1.82) is 0 Å². The van der Waals surface area contributed by atoms with Crippen LogP contribution in [0.2, 0.25) is 0 Å². The largest absolute Gasteiger partial charge is 0.484 e. The lowest BCUT2D eigenvalue weighted by Gasteiger charge is -2.27. The molecule has 142 valence electrons. The van der Waals surface area contributed by atoms with Gasteiger partial charge in [0.1, 0.15) is 5.75 Å². The van der Waals surface area contributed by atoms with E-state index >= 15 is 0 Å². The van der Waals surface area contributed by atoms with Crippen LogP contribution in [0, 0.1) is 12.8 Å². The molecule has 0 radical (unpaired) electrons. The molecule has 0 unspecified atom stereocenters. The van der Waals surface area contributed by atoms with Gasteiger partial charge in [-0.2, -0.15) is 5.10 Å². The van der Waals surface area contributed by atoms with Crippen molar-refractivity contribution in [3.05, 3.63) is 41.1 Å². The molecule has 1 N–H and O–H groups in total. The van der Waals surface area contributed by atoms with Crippen molar-refractivity contribution >= 4 is 17.6 Å². The Morgan fingerprint density at radius 3 is 2.89 bits per heavy atom. The first kappa shape index (κ1) is 17.6. The second-order valence-corrected chi connectivity index (χ2v) is 7.33. The number of rotatable bonds is 5. The fraction of sp³-hybridized carbons (Fsp3) is 0.450. The number of carbonyl (C=O) groups excluding carboxylic acids is 2. The lowest BCUT2D eigenvalue weighted by Crippen LogP contribution is -2.39. The van der Waals surface area contributed by atoms with Gasteiger partial charge in [0.15, 0.2) is 12.4 Å². The molecule has 4 rings (SSSR count). The number of anilines is 1. The molecule has 1 aromatic carbocycles. The highest BCUT2D eigenvalue weighted by molar-refractivity contribution is 5.94. The van der Waals surface area contributed by atoms with E-state index in [0.29, 0.717) is 31.1 Å². The van der Waals surface area contributed by atoms with E-state index in [0.717, 1.165) is 29.7 Å². The SMILES string of the molecule is Cc1cccc(OCC(=O)N2CCc3c(c(NC(=O)C4CC4)nn3C)C2)c1. The molecule has 1 fully saturated rings. The fourth-order valence-corrected chi connectivity index (χ4v) is 3.41. The Labute approximate surface area is 158 Å². The summed E-state index contributed by atoms with van der Waals surface area (Å²) in [5.74, 6) is 1.36. The minimum absolute atomic E-state index is 0.00279. The molecule has 1 aliphatic carbocycles. The van der Waals surface area contributed by atoms with Gasteiger partial charge in [0.25, 0.3) is 5.91 Å². The van der Waals surface area contributed by atoms with E-state index in [1.807, 2.05) is 42.9 Å². The maximum Gasteiger partial charge on any atom is 0.260 e. The topological polar surface area (TPSA) is 76.5 Å². The van der Waals surface area contributed by atoms with Crippen molar-refractivity contribution in [3.63, 3.8) is 0 Å². The van der Waals surface area contributed by atoms with E-state index in [1.54, 1.807) is 4.90 Å². The van der Waals surface area contributed by atoms with Gasteiger partial charge in [-0.3, -0.25) is 14.3 Å². The first-order chi connectivity index (χ1) is 13.0. The van der Waals surface area contributed by atoms with Crippen LogP contribution in [0.5, 0.6) is 5.75 Å². The Balaban J connectivity index is 1.42. The zero-order valence-corrected chi connectivity index (χ0v) is 15.7. The summed E-state index contributed by atoms with van der Waals surface area (Å²) in [5.41, 5.74) is 3.10. The molecule has 7 nitrogen and oxygen atoms in total. The number of carbonyl (C=O) groups is 2. The highest BCUT2D eigenvalue weighted by atomic mass is 16.5.